The van der Waals surface area contributed by atoms with Gasteiger partial charge in [-0.25, -0.2) is 4.79 Å². The van der Waals surface area contributed by atoms with Crippen LogP contribution in [0.1, 0.15) is 52.9 Å². The van der Waals surface area contributed by atoms with Crippen LogP contribution in [0.15, 0.2) is 0 Å². The summed E-state index contributed by atoms with van der Waals surface area (Å²) in [6, 6.07) is -0.322. The Bertz CT molecular complexity index is 419. The summed E-state index contributed by atoms with van der Waals surface area (Å²) in [5.74, 6) is 0.0357. The second-order valence-electron chi connectivity index (χ2n) is 7.36. The highest BCUT2D eigenvalue weighted by molar-refractivity contribution is 5.82. The summed E-state index contributed by atoms with van der Waals surface area (Å²) in [5.41, 5.74) is 5.46. The Labute approximate surface area is 132 Å². The summed E-state index contributed by atoms with van der Waals surface area (Å²) in [4.78, 5) is 28.3. The summed E-state index contributed by atoms with van der Waals surface area (Å²) in [5, 5.41) is 0. The van der Waals surface area contributed by atoms with Crippen molar-refractivity contribution in [1.82, 2.24) is 9.80 Å². The van der Waals surface area contributed by atoms with E-state index in [0.717, 1.165) is 38.6 Å². The molecule has 2 heterocycles. The first-order valence-corrected chi connectivity index (χ1v) is 8.32. The van der Waals surface area contributed by atoms with Gasteiger partial charge in [0.2, 0.25) is 5.91 Å². The van der Waals surface area contributed by atoms with Crippen LogP contribution in [-0.4, -0.2) is 59.1 Å². The molecule has 2 fully saturated rings. The Morgan fingerprint density at radius 1 is 1.18 bits per heavy atom. The molecule has 0 bridgehead atoms. The van der Waals surface area contributed by atoms with Gasteiger partial charge in [-0.2, -0.15) is 0 Å². The number of ether oxygens (including phenoxy) is 1. The first kappa shape index (κ1) is 17.1. The topological polar surface area (TPSA) is 75.9 Å². The van der Waals surface area contributed by atoms with E-state index >= 15 is 0 Å². The lowest BCUT2D eigenvalue weighted by Gasteiger charge is -2.39. The fourth-order valence-electron chi connectivity index (χ4n) is 3.16. The summed E-state index contributed by atoms with van der Waals surface area (Å²) < 4.78 is 5.44. The Kier molecular flexibility index (Phi) is 5.32. The average molecular weight is 311 g/mol. The minimum absolute atomic E-state index is 0.0357. The van der Waals surface area contributed by atoms with Gasteiger partial charge >= 0.3 is 6.09 Å². The van der Waals surface area contributed by atoms with Crippen LogP contribution < -0.4 is 5.73 Å². The highest BCUT2D eigenvalue weighted by atomic mass is 16.6. The third-order valence-electron chi connectivity index (χ3n) is 4.25. The molecular formula is C16H29N3O3. The van der Waals surface area contributed by atoms with Crippen LogP contribution in [0.3, 0.4) is 0 Å². The lowest BCUT2D eigenvalue weighted by molar-refractivity contribution is -0.135. The van der Waals surface area contributed by atoms with E-state index in [4.69, 9.17) is 10.5 Å². The van der Waals surface area contributed by atoms with Crippen molar-refractivity contribution < 1.29 is 14.3 Å². The first-order chi connectivity index (χ1) is 10.3. The van der Waals surface area contributed by atoms with Gasteiger partial charge in [0, 0.05) is 25.7 Å². The zero-order valence-corrected chi connectivity index (χ0v) is 14.0. The number of amides is 2. The van der Waals surface area contributed by atoms with Crippen LogP contribution in [0, 0.1) is 0 Å². The smallest absolute Gasteiger partial charge is 0.410 e. The molecular weight excluding hydrogens is 282 g/mol. The van der Waals surface area contributed by atoms with Crippen molar-refractivity contribution in [2.24, 2.45) is 5.73 Å². The van der Waals surface area contributed by atoms with Gasteiger partial charge in [-0.3, -0.25) is 4.79 Å². The number of piperidine rings is 1. The summed E-state index contributed by atoms with van der Waals surface area (Å²) in [6.45, 7) is 7.59. The van der Waals surface area contributed by atoms with E-state index in [9.17, 15) is 9.59 Å². The second-order valence-corrected chi connectivity index (χ2v) is 7.36. The lowest BCUT2D eigenvalue weighted by atomic mass is 10.0. The van der Waals surface area contributed by atoms with Gasteiger partial charge in [0.15, 0.2) is 0 Å². The normalized spacial score (nSPS) is 27.5. The third-order valence-corrected chi connectivity index (χ3v) is 4.25. The van der Waals surface area contributed by atoms with Gasteiger partial charge < -0.3 is 20.3 Å². The Morgan fingerprint density at radius 3 is 2.59 bits per heavy atom. The van der Waals surface area contributed by atoms with Crippen LogP contribution >= 0.6 is 0 Å². The fraction of sp³-hybridized carbons (Fsp3) is 0.875. The van der Waals surface area contributed by atoms with Crippen molar-refractivity contribution in [2.75, 3.05) is 19.6 Å². The van der Waals surface area contributed by atoms with Crippen molar-refractivity contribution >= 4 is 12.0 Å². The fourth-order valence-corrected chi connectivity index (χ4v) is 3.16. The van der Waals surface area contributed by atoms with Crippen LogP contribution in [0.2, 0.25) is 0 Å². The minimum Gasteiger partial charge on any atom is -0.444 e. The van der Waals surface area contributed by atoms with E-state index < -0.39 is 5.60 Å². The maximum Gasteiger partial charge on any atom is 0.410 e. The molecule has 6 nitrogen and oxygen atoms in total. The van der Waals surface area contributed by atoms with Gasteiger partial charge in [-0.1, -0.05) is 0 Å². The predicted molar refractivity (Wildman–Crippen MR) is 84.4 cm³/mol. The molecule has 0 saturated carbocycles. The van der Waals surface area contributed by atoms with Crippen molar-refractivity contribution in [3.8, 4) is 0 Å². The largest absolute Gasteiger partial charge is 0.444 e. The highest BCUT2D eigenvalue weighted by Gasteiger charge is 2.34. The van der Waals surface area contributed by atoms with Crippen molar-refractivity contribution in [2.45, 2.75) is 70.6 Å². The standard InChI is InChI=1S/C16H29N3O3/c1-16(2,3)22-15(21)18-9-6-7-12(11-18)19-10-5-4-8-13(17)14(19)20/h12-13H,4-11,17H2,1-3H3. The molecule has 2 atom stereocenters. The Hall–Kier alpha value is -1.30. The molecule has 22 heavy (non-hydrogen) atoms. The molecule has 2 aliphatic heterocycles. The molecule has 2 unspecified atom stereocenters. The molecule has 126 valence electrons. The maximum absolute atomic E-state index is 12.4. The number of likely N-dealkylation sites (tertiary alicyclic amines) is 2. The minimum atomic E-state index is -0.495. The maximum atomic E-state index is 12.4. The molecule has 0 spiro atoms. The molecule has 0 aromatic rings. The SMILES string of the molecule is CC(C)(C)OC(=O)N1CCCC(N2CCCCC(N)C2=O)C1. The number of hydrogen-bond acceptors (Lipinski definition) is 4. The zero-order chi connectivity index (χ0) is 16.3. The quantitative estimate of drug-likeness (QED) is 0.800. The predicted octanol–water partition coefficient (Wildman–Crippen LogP) is 1.73. The summed E-state index contributed by atoms with van der Waals surface area (Å²) in [7, 11) is 0. The van der Waals surface area contributed by atoms with E-state index in [2.05, 4.69) is 0 Å². The van der Waals surface area contributed by atoms with Crippen LogP contribution in [0.4, 0.5) is 4.79 Å². The Balaban J connectivity index is 2.00. The number of carbonyl (C=O) groups excluding carboxylic acids is 2. The average Bonchev–Trinajstić information content (AvgIpc) is 2.60. The summed E-state index contributed by atoms with van der Waals surface area (Å²) >= 11 is 0. The third kappa shape index (κ3) is 4.35. The molecule has 2 aliphatic rings. The summed E-state index contributed by atoms with van der Waals surface area (Å²) in [6.07, 6.45) is 4.27. The Morgan fingerprint density at radius 2 is 1.91 bits per heavy atom. The molecule has 2 rings (SSSR count). The van der Waals surface area contributed by atoms with E-state index in [0.29, 0.717) is 13.1 Å². The van der Waals surface area contributed by atoms with Crippen LogP contribution in [0.25, 0.3) is 0 Å². The van der Waals surface area contributed by atoms with E-state index in [1.54, 1.807) is 4.90 Å². The van der Waals surface area contributed by atoms with Crippen molar-refractivity contribution in [1.29, 1.82) is 0 Å². The van der Waals surface area contributed by atoms with Gasteiger partial charge in [0.05, 0.1) is 6.04 Å². The van der Waals surface area contributed by atoms with Crippen molar-refractivity contribution in [3.05, 3.63) is 0 Å². The molecule has 2 N–H and O–H groups in total. The molecule has 0 aromatic carbocycles. The molecule has 2 amide bonds. The molecule has 0 aliphatic carbocycles. The second kappa shape index (κ2) is 6.86. The van der Waals surface area contributed by atoms with Crippen LogP contribution in [0.5, 0.6) is 0 Å². The number of nitrogens with two attached hydrogens (primary N) is 1. The molecule has 0 aromatic heterocycles. The van der Waals surface area contributed by atoms with Crippen LogP contribution in [-0.2, 0) is 9.53 Å². The highest BCUT2D eigenvalue weighted by Crippen LogP contribution is 2.22. The number of rotatable bonds is 1. The molecule has 6 heteroatoms. The van der Waals surface area contributed by atoms with E-state index in [-0.39, 0.29) is 24.1 Å². The molecule has 2 saturated heterocycles. The van der Waals surface area contributed by atoms with Gasteiger partial charge in [0.1, 0.15) is 5.60 Å². The number of hydrogen-bond donors (Lipinski definition) is 1. The van der Waals surface area contributed by atoms with E-state index in [1.807, 2.05) is 25.7 Å². The van der Waals surface area contributed by atoms with Gasteiger partial charge in [0.25, 0.3) is 0 Å². The van der Waals surface area contributed by atoms with Gasteiger partial charge in [-0.05, 0) is 52.9 Å². The van der Waals surface area contributed by atoms with Crippen molar-refractivity contribution in [3.63, 3.8) is 0 Å². The van der Waals surface area contributed by atoms with E-state index in [1.165, 1.54) is 0 Å². The molecule has 0 radical (unpaired) electrons. The zero-order valence-electron chi connectivity index (χ0n) is 14.0. The van der Waals surface area contributed by atoms with Gasteiger partial charge in [-0.15, -0.1) is 0 Å². The number of carbonyl (C=O) groups is 2. The number of nitrogens with zero attached hydrogens (tertiary/aromatic N) is 2. The monoisotopic (exact) mass is 311 g/mol. The lowest BCUT2D eigenvalue weighted by Crippen LogP contribution is -2.55. The first-order valence-electron chi connectivity index (χ1n) is 8.32.